The molecule has 1 aromatic rings. The van der Waals surface area contributed by atoms with Gasteiger partial charge in [-0.2, -0.15) is 0 Å². The van der Waals surface area contributed by atoms with Crippen LogP contribution in [0.4, 0.5) is 4.39 Å². The van der Waals surface area contributed by atoms with Gasteiger partial charge in [0.2, 0.25) is 0 Å². The highest BCUT2D eigenvalue weighted by Gasteiger charge is 2.16. The summed E-state index contributed by atoms with van der Waals surface area (Å²) in [6.07, 6.45) is 0. The maximum Gasteiger partial charge on any atom is 0.156 e. The fourth-order valence-electron chi connectivity index (χ4n) is 1.34. The summed E-state index contributed by atoms with van der Waals surface area (Å²) in [5.41, 5.74) is 5.58. The van der Waals surface area contributed by atoms with E-state index >= 15 is 0 Å². The molecule has 0 saturated carbocycles. The second-order valence-corrected chi connectivity index (χ2v) is 6.79. The van der Waals surface area contributed by atoms with E-state index in [-0.39, 0.29) is 17.1 Å². The molecule has 0 fully saturated rings. The van der Waals surface area contributed by atoms with Crippen molar-refractivity contribution >= 4 is 25.8 Å². The third-order valence-electron chi connectivity index (χ3n) is 1.91. The van der Waals surface area contributed by atoms with Gasteiger partial charge < -0.3 is 5.73 Å². The molecule has 2 N–H and O–H groups in total. The van der Waals surface area contributed by atoms with Crippen LogP contribution in [0.1, 0.15) is 12.5 Å². The molecule has 0 bridgehead atoms. The Morgan fingerprint density at radius 2 is 2.12 bits per heavy atom. The summed E-state index contributed by atoms with van der Waals surface area (Å²) in [6.45, 7) is 1.61. The molecule has 0 heterocycles. The molecule has 6 heteroatoms. The Hall–Kier alpha value is -0.460. The smallest absolute Gasteiger partial charge is 0.156 e. The van der Waals surface area contributed by atoms with E-state index in [0.717, 1.165) is 0 Å². The van der Waals surface area contributed by atoms with Gasteiger partial charge in [-0.15, -0.1) is 0 Å². The molecule has 0 aliphatic heterocycles. The van der Waals surface area contributed by atoms with Crippen LogP contribution >= 0.6 is 15.9 Å². The summed E-state index contributed by atoms with van der Waals surface area (Å²) >= 11 is 3.11. The zero-order valence-electron chi connectivity index (χ0n) is 8.78. The number of hydrogen-bond donors (Lipinski definition) is 1. The molecule has 1 atom stereocenters. The van der Waals surface area contributed by atoms with Crippen molar-refractivity contribution in [3.63, 3.8) is 0 Å². The Kier molecular flexibility index (Phi) is 4.46. The van der Waals surface area contributed by atoms with Crippen molar-refractivity contribution in [2.45, 2.75) is 18.7 Å². The molecular formula is C10H13BrFNO2S. The zero-order valence-corrected chi connectivity index (χ0v) is 11.2. The predicted octanol–water partition coefficient (Wildman–Crippen LogP) is 1.85. The first kappa shape index (κ1) is 13.6. The molecule has 0 aromatic heterocycles. The third-order valence-corrected chi connectivity index (χ3v) is 4.19. The van der Waals surface area contributed by atoms with E-state index in [1.807, 2.05) is 0 Å². The normalized spacial score (nSPS) is 13.8. The van der Waals surface area contributed by atoms with Crippen LogP contribution in [0.3, 0.4) is 0 Å². The summed E-state index contributed by atoms with van der Waals surface area (Å²) < 4.78 is 37.2. The number of benzene rings is 1. The van der Waals surface area contributed by atoms with Gasteiger partial charge >= 0.3 is 0 Å². The fraction of sp³-hybridized carbons (Fsp3) is 0.400. The number of sulfone groups is 1. The standard InChI is InChI=1S/C10H13BrFNO2S/c1-7(13)5-16(14,15)6-8-2-3-9(11)4-10(8)12/h2-4,7H,5-6,13H2,1H3. The third kappa shape index (κ3) is 4.19. The van der Waals surface area contributed by atoms with Crippen molar-refractivity contribution in [2.75, 3.05) is 5.75 Å². The molecule has 0 amide bonds. The largest absolute Gasteiger partial charge is 0.327 e. The molecule has 90 valence electrons. The van der Waals surface area contributed by atoms with Crippen molar-refractivity contribution in [2.24, 2.45) is 5.73 Å². The molecule has 0 saturated heterocycles. The fourth-order valence-corrected chi connectivity index (χ4v) is 3.30. The predicted molar refractivity (Wildman–Crippen MR) is 65.2 cm³/mol. The van der Waals surface area contributed by atoms with Gasteiger partial charge in [-0.3, -0.25) is 0 Å². The average Bonchev–Trinajstić information content (AvgIpc) is 2.07. The first-order valence-corrected chi connectivity index (χ1v) is 7.31. The van der Waals surface area contributed by atoms with E-state index < -0.39 is 21.7 Å². The van der Waals surface area contributed by atoms with E-state index in [1.54, 1.807) is 13.0 Å². The minimum atomic E-state index is -3.35. The Morgan fingerprint density at radius 3 is 2.62 bits per heavy atom. The molecule has 16 heavy (non-hydrogen) atoms. The Balaban J connectivity index is 2.88. The first-order chi connectivity index (χ1) is 7.30. The molecular weight excluding hydrogens is 297 g/mol. The van der Waals surface area contributed by atoms with Gasteiger partial charge in [-0.1, -0.05) is 22.0 Å². The van der Waals surface area contributed by atoms with Gasteiger partial charge in [-0.05, 0) is 19.1 Å². The van der Waals surface area contributed by atoms with Crippen LogP contribution in [0.2, 0.25) is 0 Å². The second-order valence-electron chi connectivity index (χ2n) is 3.77. The average molecular weight is 310 g/mol. The van der Waals surface area contributed by atoms with E-state index in [2.05, 4.69) is 15.9 Å². The van der Waals surface area contributed by atoms with E-state index in [4.69, 9.17) is 5.73 Å². The molecule has 1 unspecified atom stereocenters. The monoisotopic (exact) mass is 309 g/mol. The van der Waals surface area contributed by atoms with Gasteiger partial charge in [0.05, 0.1) is 11.5 Å². The summed E-state index contributed by atoms with van der Waals surface area (Å²) in [5.74, 6) is -0.974. The molecule has 3 nitrogen and oxygen atoms in total. The molecule has 0 aliphatic carbocycles. The van der Waals surface area contributed by atoms with Crippen LogP contribution in [0.5, 0.6) is 0 Å². The highest BCUT2D eigenvalue weighted by Crippen LogP contribution is 2.17. The van der Waals surface area contributed by atoms with Crippen molar-refractivity contribution < 1.29 is 12.8 Å². The minimum absolute atomic E-state index is 0.136. The van der Waals surface area contributed by atoms with Gasteiger partial charge in [0.1, 0.15) is 5.82 Å². The van der Waals surface area contributed by atoms with E-state index in [1.165, 1.54) is 12.1 Å². The minimum Gasteiger partial charge on any atom is -0.327 e. The summed E-state index contributed by atoms with van der Waals surface area (Å²) in [4.78, 5) is 0. The summed E-state index contributed by atoms with van der Waals surface area (Å²) in [7, 11) is -3.35. The molecule has 1 aromatic carbocycles. The summed E-state index contributed by atoms with van der Waals surface area (Å²) in [5, 5.41) is 0. The van der Waals surface area contributed by atoms with Crippen LogP contribution in [0.15, 0.2) is 22.7 Å². The van der Waals surface area contributed by atoms with Crippen molar-refractivity contribution in [1.82, 2.24) is 0 Å². The van der Waals surface area contributed by atoms with Crippen LogP contribution < -0.4 is 5.73 Å². The highest BCUT2D eigenvalue weighted by molar-refractivity contribution is 9.10. The second kappa shape index (κ2) is 5.25. The lowest BCUT2D eigenvalue weighted by Gasteiger charge is -2.08. The Labute approximate surface area is 103 Å². The lowest BCUT2D eigenvalue weighted by atomic mass is 10.2. The van der Waals surface area contributed by atoms with Gasteiger partial charge in [0, 0.05) is 16.1 Å². The van der Waals surface area contributed by atoms with E-state index in [0.29, 0.717) is 4.47 Å². The Bertz CT molecular complexity index is 474. The highest BCUT2D eigenvalue weighted by atomic mass is 79.9. The number of hydrogen-bond acceptors (Lipinski definition) is 3. The first-order valence-electron chi connectivity index (χ1n) is 4.70. The quantitative estimate of drug-likeness (QED) is 0.923. The maximum atomic E-state index is 13.4. The number of nitrogens with two attached hydrogens (primary N) is 1. The van der Waals surface area contributed by atoms with Crippen LogP contribution in [-0.2, 0) is 15.6 Å². The number of rotatable bonds is 4. The van der Waals surface area contributed by atoms with Crippen LogP contribution in [0.25, 0.3) is 0 Å². The van der Waals surface area contributed by atoms with Crippen LogP contribution in [0, 0.1) is 5.82 Å². The van der Waals surface area contributed by atoms with Crippen molar-refractivity contribution in [3.05, 3.63) is 34.1 Å². The Morgan fingerprint density at radius 1 is 1.50 bits per heavy atom. The SMILES string of the molecule is CC(N)CS(=O)(=O)Cc1ccc(Br)cc1F. The van der Waals surface area contributed by atoms with Crippen molar-refractivity contribution in [3.8, 4) is 0 Å². The molecule has 1 rings (SSSR count). The number of halogens is 2. The molecule has 0 spiro atoms. The van der Waals surface area contributed by atoms with Crippen LogP contribution in [-0.4, -0.2) is 20.2 Å². The van der Waals surface area contributed by atoms with Gasteiger partial charge in [0.15, 0.2) is 9.84 Å². The molecule has 0 aliphatic rings. The van der Waals surface area contributed by atoms with Gasteiger partial charge in [0.25, 0.3) is 0 Å². The topological polar surface area (TPSA) is 60.2 Å². The molecule has 0 radical (unpaired) electrons. The lowest BCUT2D eigenvalue weighted by Crippen LogP contribution is -2.27. The zero-order chi connectivity index (χ0) is 12.3. The summed E-state index contributed by atoms with van der Waals surface area (Å²) in [6, 6.07) is 3.87. The van der Waals surface area contributed by atoms with E-state index in [9.17, 15) is 12.8 Å². The van der Waals surface area contributed by atoms with Crippen molar-refractivity contribution in [1.29, 1.82) is 0 Å². The van der Waals surface area contributed by atoms with Gasteiger partial charge in [-0.25, -0.2) is 12.8 Å². The maximum absolute atomic E-state index is 13.4. The lowest BCUT2D eigenvalue weighted by molar-refractivity contribution is 0.582.